The molecular weight excluding hydrogens is 312 g/mol. The number of rotatable bonds is 5. The van der Waals surface area contributed by atoms with Crippen LogP contribution in [0, 0.1) is 0 Å². The normalized spacial score (nSPS) is 10.3. The molecule has 5 nitrogen and oxygen atoms in total. The number of carbonyl (C=O) groups excluding carboxylic acids is 1. The molecule has 2 aromatic heterocycles. The van der Waals surface area contributed by atoms with Crippen LogP contribution >= 0.6 is 11.3 Å². The van der Waals surface area contributed by atoms with E-state index in [0.717, 1.165) is 16.4 Å². The van der Waals surface area contributed by atoms with Crippen LogP contribution in [0.25, 0.3) is 10.7 Å². The molecule has 0 fully saturated rings. The van der Waals surface area contributed by atoms with Gasteiger partial charge in [0.25, 0.3) is 0 Å². The second-order valence-electron chi connectivity index (χ2n) is 4.66. The molecule has 0 aliphatic carbocycles. The summed E-state index contributed by atoms with van der Waals surface area (Å²) in [5, 5.41) is 2.82. The highest BCUT2D eigenvalue weighted by molar-refractivity contribution is 7.13. The second-order valence-corrected chi connectivity index (χ2v) is 5.52. The van der Waals surface area contributed by atoms with E-state index in [4.69, 9.17) is 4.74 Å². The maximum absolute atomic E-state index is 11.4. The van der Waals surface area contributed by atoms with Crippen LogP contribution in [0.2, 0.25) is 0 Å². The van der Waals surface area contributed by atoms with E-state index in [1.54, 1.807) is 30.5 Å². The average molecular weight is 326 g/mol. The predicted octanol–water partition coefficient (Wildman–Crippen LogP) is 3.57. The van der Waals surface area contributed by atoms with Gasteiger partial charge in [0.1, 0.15) is 17.4 Å². The Morgan fingerprint density at radius 2 is 2.00 bits per heavy atom. The summed E-state index contributed by atoms with van der Waals surface area (Å²) < 4.78 is 10.3. The predicted molar refractivity (Wildman–Crippen MR) is 87.5 cm³/mol. The van der Waals surface area contributed by atoms with E-state index in [2.05, 4.69) is 14.7 Å². The Balaban J connectivity index is 1.63. The Bertz CT molecular complexity index is 785. The minimum Gasteiger partial charge on any atom is -0.487 e. The van der Waals surface area contributed by atoms with Crippen molar-refractivity contribution in [2.45, 2.75) is 6.61 Å². The van der Waals surface area contributed by atoms with Crippen LogP contribution < -0.4 is 4.74 Å². The summed E-state index contributed by atoms with van der Waals surface area (Å²) in [7, 11) is 1.36. The van der Waals surface area contributed by atoms with Crippen LogP contribution in [0.3, 0.4) is 0 Å². The molecular formula is C17H14N2O3S. The molecule has 3 aromatic rings. The number of nitrogens with zero attached hydrogens (tertiary/aromatic N) is 2. The fraction of sp³-hybridized carbons (Fsp3) is 0.118. The first-order chi connectivity index (χ1) is 11.3. The number of esters is 1. The van der Waals surface area contributed by atoms with E-state index in [9.17, 15) is 4.79 Å². The Morgan fingerprint density at radius 3 is 2.70 bits per heavy atom. The Hall–Kier alpha value is -2.73. The van der Waals surface area contributed by atoms with Gasteiger partial charge >= 0.3 is 5.97 Å². The number of ether oxygens (including phenoxy) is 2. The zero-order valence-electron chi connectivity index (χ0n) is 12.4. The molecule has 6 heteroatoms. The summed E-state index contributed by atoms with van der Waals surface area (Å²) in [4.78, 5) is 20.2. The minimum absolute atomic E-state index is 0.362. The minimum atomic E-state index is -0.365. The molecule has 0 amide bonds. The number of aromatic nitrogens is 2. The molecule has 0 unspecified atom stereocenters. The third-order valence-corrected chi connectivity index (χ3v) is 4.01. The van der Waals surface area contributed by atoms with Crippen LogP contribution in [0.4, 0.5) is 0 Å². The van der Waals surface area contributed by atoms with Crippen LogP contribution in [0.1, 0.15) is 16.1 Å². The van der Waals surface area contributed by atoms with Gasteiger partial charge in [-0.05, 0) is 36.4 Å². The van der Waals surface area contributed by atoms with Crippen molar-refractivity contribution >= 4 is 17.3 Å². The SMILES string of the molecule is COC(=O)c1ccc(OCc2csc(-c3ccccn3)n2)cc1. The van der Waals surface area contributed by atoms with Crippen molar-refractivity contribution < 1.29 is 14.3 Å². The summed E-state index contributed by atoms with van der Waals surface area (Å²) in [5.74, 6) is 0.307. The van der Waals surface area contributed by atoms with E-state index < -0.39 is 0 Å². The van der Waals surface area contributed by atoms with E-state index in [1.807, 2.05) is 23.6 Å². The number of benzene rings is 1. The lowest BCUT2D eigenvalue weighted by atomic mass is 10.2. The monoisotopic (exact) mass is 326 g/mol. The van der Waals surface area contributed by atoms with E-state index in [0.29, 0.717) is 17.9 Å². The topological polar surface area (TPSA) is 61.3 Å². The summed E-state index contributed by atoms with van der Waals surface area (Å²) in [6.07, 6.45) is 1.75. The van der Waals surface area contributed by atoms with Gasteiger partial charge in [0, 0.05) is 11.6 Å². The number of carbonyl (C=O) groups is 1. The maximum Gasteiger partial charge on any atom is 0.337 e. The van der Waals surface area contributed by atoms with Crippen molar-refractivity contribution in [2.24, 2.45) is 0 Å². The molecule has 3 rings (SSSR count). The number of pyridine rings is 1. The number of hydrogen-bond donors (Lipinski definition) is 0. The molecule has 0 bridgehead atoms. The van der Waals surface area contributed by atoms with Crippen LogP contribution in [-0.4, -0.2) is 23.0 Å². The third-order valence-electron chi connectivity index (χ3n) is 3.10. The highest BCUT2D eigenvalue weighted by Crippen LogP contribution is 2.22. The fourth-order valence-corrected chi connectivity index (χ4v) is 2.72. The molecule has 0 N–H and O–H groups in total. The largest absolute Gasteiger partial charge is 0.487 e. The van der Waals surface area contributed by atoms with Gasteiger partial charge in [-0.25, -0.2) is 9.78 Å². The molecule has 23 heavy (non-hydrogen) atoms. The summed E-state index contributed by atoms with van der Waals surface area (Å²) in [6.45, 7) is 0.362. The molecule has 2 heterocycles. The van der Waals surface area contributed by atoms with Gasteiger partial charge in [-0.2, -0.15) is 0 Å². The second kappa shape index (κ2) is 7.02. The standard InChI is InChI=1S/C17H14N2O3S/c1-21-17(20)12-5-7-14(8-6-12)22-10-13-11-23-16(19-13)15-4-2-3-9-18-15/h2-9,11H,10H2,1H3. The number of thiazole rings is 1. The molecule has 0 spiro atoms. The van der Waals surface area contributed by atoms with Crippen molar-refractivity contribution in [1.29, 1.82) is 0 Å². The number of hydrogen-bond acceptors (Lipinski definition) is 6. The molecule has 0 aliphatic heterocycles. The maximum atomic E-state index is 11.4. The molecule has 116 valence electrons. The van der Waals surface area contributed by atoms with Crippen molar-refractivity contribution in [3.8, 4) is 16.5 Å². The summed E-state index contributed by atoms with van der Waals surface area (Å²) >= 11 is 1.53. The fourth-order valence-electron chi connectivity index (χ4n) is 1.94. The van der Waals surface area contributed by atoms with Gasteiger partial charge in [-0.1, -0.05) is 6.07 Å². The van der Waals surface area contributed by atoms with E-state index in [-0.39, 0.29) is 5.97 Å². The Morgan fingerprint density at radius 1 is 1.17 bits per heavy atom. The first-order valence-electron chi connectivity index (χ1n) is 6.93. The van der Waals surface area contributed by atoms with Crippen LogP contribution in [-0.2, 0) is 11.3 Å². The molecule has 0 saturated carbocycles. The highest BCUT2D eigenvalue weighted by atomic mass is 32.1. The van der Waals surface area contributed by atoms with Crippen molar-refractivity contribution in [3.05, 3.63) is 65.3 Å². The highest BCUT2D eigenvalue weighted by Gasteiger charge is 2.07. The lowest BCUT2D eigenvalue weighted by Crippen LogP contribution is -2.01. The molecule has 1 aromatic carbocycles. The van der Waals surface area contributed by atoms with E-state index in [1.165, 1.54) is 18.4 Å². The lowest BCUT2D eigenvalue weighted by Gasteiger charge is -2.05. The van der Waals surface area contributed by atoms with Crippen LogP contribution in [0.5, 0.6) is 5.75 Å². The van der Waals surface area contributed by atoms with Gasteiger partial charge in [0.05, 0.1) is 24.1 Å². The first kappa shape index (κ1) is 15.2. The molecule has 0 saturated heterocycles. The lowest BCUT2D eigenvalue weighted by molar-refractivity contribution is 0.0600. The molecule has 0 aliphatic rings. The zero-order chi connectivity index (χ0) is 16.1. The third kappa shape index (κ3) is 3.73. The van der Waals surface area contributed by atoms with Crippen LogP contribution in [0.15, 0.2) is 54.0 Å². The van der Waals surface area contributed by atoms with Gasteiger partial charge in [0.15, 0.2) is 0 Å². The van der Waals surface area contributed by atoms with Crippen molar-refractivity contribution in [3.63, 3.8) is 0 Å². The number of methoxy groups -OCH3 is 1. The van der Waals surface area contributed by atoms with Gasteiger partial charge in [0.2, 0.25) is 0 Å². The molecule has 0 radical (unpaired) electrons. The summed E-state index contributed by atoms with van der Waals surface area (Å²) in [5.41, 5.74) is 2.19. The van der Waals surface area contributed by atoms with E-state index >= 15 is 0 Å². The average Bonchev–Trinajstić information content (AvgIpc) is 3.09. The van der Waals surface area contributed by atoms with Gasteiger partial charge in [-0.3, -0.25) is 4.98 Å². The first-order valence-corrected chi connectivity index (χ1v) is 7.81. The Kier molecular flexibility index (Phi) is 4.63. The van der Waals surface area contributed by atoms with Crippen molar-refractivity contribution in [1.82, 2.24) is 9.97 Å². The Labute approximate surface area is 137 Å². The van der Waals surface area contributed by atoms with Gasteiger partial charge in [-0.15, -0.1) is 11.3 Å². The summed E-state index contributed by atoms with van der Waals surface area (Å²) in [6, 6.07) is 12.5. The van der Waals surface area contributed by atoms with Gasteiger partial charge < -0.3 is 9.47 Å². The van der Waals surface area contributed by atoms with Crippen molar-refractivity contribution in [2.75, 3.05) is 7.11 Å². The zero-order valence-corrected chi connectivity index (χ0v) is 13.2. The smallest absolute Gasteiger partial charge is 0.337 e. The quantitative estimate of drug-likeness (QED) is 0.671. The molecule has 0 atom stereocenters.